The first-order chi connectivity index (χ1) is 11.9. The molecule has 0 amide bonds. The zero-order chi connectivity index (χ0) is 15.9. The van der Waals surface area contributed by atoms with E-state index in [4.69, 9.17) is 18.9 Å². The van der Waals surface area contributed by atoms with Gasteiger partial charge in [-0.05, 0) is 17.7 Å². The van der Waals surface area contributed by atoms with Crippen molar-refractivity contribution in [3.05, 3.63) is 29.9 Å². The van der Waals surface area contributed by atoms with Crippen molar-refractivity contribution in [3.63, 3.8) is 0 Å². The summed E-state index contributed by atoms with van der Waals surface area (Å²) in [6.45, 7) is 2.27. The highest BCUT2D eigenvalue weighted by atomic mass is 32.1. The SMILES string of the molecule is c1cc(-c2sc(-c3scc4c3OCCO4)c3c2OCCO3)ccn1. The molecule has 0 bridgehead atoms. The number of ether oxygens (including phenoxy) is 4. The maximum absolute atomic E-state index is 5.95. The molecule has 3 aromatic rings. The fourth-order valence-electron chi connectivity index (χ4n) is 2.81. The second-order valence-electron chi connectivity index (χ2n) is 5.31. The largest absolute Gasteiger partial charge is 0.485 e. The van der Waals surface area contributed by atoms with Crippen LogP contribution in [0, 0.1) is 0 Å². The Hall–Kier alpha value is -2.25. The van der Waals surface area contributed by atoms with Gasteiger partial charge >= 0.3 is 0 Å². The molecular weight excluding hydrogens is 346 g/mol. The monoisotopic (exact) mass is 359 g/mol. The summed E-state index contributed by atoms with van der Waals surface area (Å²) >= 11 is 3.27. The van der Waals surface area contributed by atoms with Crippen molar-refractivity contribution in [1.29, 1.82) is 0 Å². The summed E-state index contributed by atoms with van der Waals surface area (Å²) in [5.74, 6) is 3.24. The van der Waals surface area contributed by atoms with Crippen LogP contribution in [0.25, 0.3) is 20.2 Å². The van der Waals surface area contributed by atoms with E-state index in [1.54, 1.807) is 35.1 Å². The Morgan fingerprint density at radius 2 is 1.42 bits per heavy atom. The summed E-state index contributed by atoms with van der Waals surface area (Å²) in [6, 6.07) is 3.97. The number of rotatable bonds is 2. The van der Waals surface area contributed by atoms with Gasteiger partial charge in [-0.15, -0.1) is 22.7 Å². The lowest BCUT2D eigenvalue weighted by atomic mass is 10.2. The summed E-state index contributed by atoms with van der Waals surface area (Å²) < 4.78 is 23.4. The van der Waals surface area contributed by atoms with E-state index in [1.807, 2.05) is 17.5 Å². The molecule has 0 spiro atoms. The van der Waals surface area contributed by atoms with Gasteiger partial charge in [0.25, 0.3) is 0 Å². The van der Waals surface area contributed by atoms with Gasteiger partial charge in [-0.1, -0.05) is 0 Å². The molecule has 7 heteroatoms. The van der Waals surface area contributed by atoms with E-state index in [0.717, 1.165) is 43.2 Å². The second-order valence-corrected chi connectivity index (χ2v) is 7.21. The fourth-order valence-corrected chi connectivity index (χ4v) is 5.08. The molecule has 2 aliphatic rings. The maximum Gasteiger partial charge on any atom is 0.181 e. The smallest absolute Gasteiger partial charge is 0.181 e. The molecule has 122 valence electrons. The minimum absolute atomic E-state index is 0.553. The van der Waals surface area contributed by atoms with E-state index in [9.17, 15) is 0 Å². The van der Waals surface area contributed by atoms with Crippen molar-refractivity contribution in [2.75, 3.05) is 26.4 Å². The third-order valence-corrected chi connectivity index (χ3v) is 6.15. The van der Waals surface area contributed by atoms with Gasteiger partial charge in [-0.25, -0.2) is 0 Å². The molecule has 0 fully saturated rings. The van der Waals surface area contributed by atoms with E-state index in [0.29, 0.717) is 26.4 Å². The average Bonchev–Trinajstić information content (AvgIpc) is 3.24. The number of aromatic nitrogens is 1. The Morgan fingerprint density at radius 3 is 2.21 bits per heavy atom. The van der Waals surface area contributed by atoms with Gasteiger partial charge in [-0.2, -0.15) is 0 Å². The highest BCUT2D eigenvalue weighted by Gasteiger charge is 2.30. The first-order valence-electron chi connectivity index (χ1n) is 7.62. The molecule has 0 atom stereocenters. The zero-order valence-corrected chi connectivity index (χ0v) is 14.2. The van der Waals surface area contributed by atoms with Gasteiger partial charge in [0.2, 0.25) is 0 Å². The molecule has 24 heavy (non-hydrogen) atoms. The van der Waals surface area contributed by atoms with E-state index in [1.165, 1.54) is 0 Å². The summed E-state index contributed by atoms with van der Waals surface area (Å²) in [5.41, 5.74) is 1.07. The second kappa shape index (κ2) is 5.68. The molecule has 2 aliphatic heterocycles. The van der Waals surface area contributed by atoms with Crippen molar-refractivity contribution in [3.8, 4) is 43.2 Å². The summed E-state index contributed by atoms with van der Waals surface area (Å²) in [6.07, 6.45) is 3.57. The molecule has 0 saturated heterocycles. The number of hydrogen-bond acceptors (Lipinski definition) is 7. The molecule has 0 aromatic carbocycles. The van der Waals surface area contributed by atoms with Crippen LogP contribution in [-0.2, 0) is 0 Å². The van der Waals surface area contributed by atoms with E-state index < -0.39 is 0 Å². The number of hydrogen-bond donors (Lipinski definition) is 0. The lowest BCUT2D eigenvalue weighted by molar-refractivity contribution is 0.172. The van der Waals surface area contributed by atoms with Crippen molar-refractivity contribution in [1.82, 2.24) is 4.98 Å². The lowest BCUT2D eigenvalue weighted by Gasteiger charge is -2.18. The number of thiophene rings is 2. The van der Waals surface area contributed by atoms with Crippen LogP contribution in [0.5, 0.6) is 23.0 Å². The molecule has 5 nitrogen and oxygen atoms in total. The number of pyridine rings is 1. The normalized spacial score (nSPS) is 15.3. The topological polar surface area (TPSA) is 49.8 Å². The van der Waals surface area contributed by atoms with Gasteiger partial charge < -0.3 is 18.9 Å². The Labute approximate surface area is 146 Å². The predicted molar refractivity (Wildman–Crippen MR) is 92.8 cm³/mol. The Morgan fingerprint density at radius 1 is 0.750 bits per heavy atom. The average molecular weight is 359 g/mol. The Balaban J connectivity index is 1.70. The quantitative estimate of drug-likeness (QED) is 0.690. The van der Waals surface area contributed by atoms with Crippen LogP contribution in [0.2, 0.25) is 0 Å². The zero-order valence-electron chi connectivity index (χ0n) is 12.6. The predicted octanol–water partition coefficient (Wildman–Crippen LogP) is 4.08. The third-order valence-electron chi connectivity index (χ3n) is 3.85. The molecular formula is C17H13NO4S2. The maximum atomic E-state index is 5.95. The van der Waals surface area contributed by atoms with Gasteiger partial charge in [-0.3, -0.25) is 4.98 Å². The third kappa shape index (κ3) is 2.16. The van der Waals surface area contributed by atoms with Crippen LogP contribution >= 0.6 is 22.7 Å². The summed E-state index contributed by atoms with van der Waals surface area (Å²) in [5, 5.41) is 1.99. The highest BCUT2D eigenvalue weighted by Crippen LogP contribution is 2.58. The van der Waals surface area contributed by atoms with Gasteiger partial charge in [0.15, 0.2) is 23.0 Å². The number of fused-ring (bicyclic) bond motifs is 2. The van der Waals surface area contributed by atoms with Crippen molar-refractivity contribution in [2.24, 2.45) is 0 Å². The molecule has 3 aromatic heterocycles. The van der Waals surface area contributed by atoms with E-state index in [2.05, 4.69) is 4.98 Å². The van der Waals surface area contributed by atoms with Crippen LogP contribution in [0.15, 0.2) is 29.9 Å². The molecule has 5 rings (SSSR count). The highest BCUT2D eigenvalue weighted by molar-refractivity contribution is 7.24. The van der Waals surface area contributed by atoms with E-state index >= 15 is 0 Å². The molecule has 0 N–H and O–H groups in total. The standard InChI is InChI=1S/C17H13NO4S2/c1-3-18-4-2-10(1)15-13-14(22-8-7-21-13)17(24-15)16-12-11(9-23-16)19-5-6-20-12/h1-4,9H,5-8H2. The van der Waals surface area contributed by atoms with Crippen LogP contribution in [0.1, 0.15) is 0 Å². The Kier molecular flexibility index (Phi) is 3.34. The first kappa shape index (κ1) is 14.1. The molecule has 0 radical (unpaired) electrons. The first-order valence-corrected chi connectivity index (χ1v) is 9.31. The fraction of sp³-hybridized carbons (Fsp3) is 0.235. The lowest BCUT2D eigenvalue weighted by Crippen LogP contribution is -2.15. The van der Waals surface area contributed by atoms with E-state index in [-0.39, 0.29) is 0 Å². The van der Waals surface area contributed by atoms with Gasteiger partial charge in [0.05, 0.1) is 14.6 Å². The molecule has 0 saturated carbocycles. The molecule has 0 aliphatic carbocycles. The van der Waals surface area contributed by atoms with Crippen molar-refractivity contribution in [2.45, 2.75) is 0 Å². The molecule has 0 unspecified atom stereocenters. The van der Waals surface area contributed by atoms with Crippen LogP contribution in [-0.4, -0.2) is 31.4 Å². The number of nitrogens with zero attached hydrogens (tertiary/aromatic N) is 1. The Bertz CT molecular complexity index is 888. The van der Waals surface area contributed by atoms with Crippen LogP contribution in [0.4, 0.5) is 0 Å². The molecule has 5 heterocycles. The van der Waals surface area contributed by atoms with Crippen LogP contribution < -0.4 is 18.9 Å². The van der Waals surface area contributed by atoms with Crippen LogP contribution in [0.3, 0.4) is 0 Å². The summed E-state index contributed by atoms with van der Waals surface area (Å²) in [4.78, 5) is 7.23. The van der Waals surface area contributed by atoms with Crippen molar-refractivity contribution >= 4 is 22.7 Å². The van der Waals surface area contributed by atoms with Gasteiger partial charge in [0, 0.05) is 17.8 Å². The minimum atomic E-state index is 0.553. The minimum Gasteiger partial charge on any atom is -0.485 e. The van der Waals surface area contributed by atoms with Crippen molar-refractivity contribution < 1.29 is 18.9 Å². The summed E-state index contributed by atoms with van der Waals surface area (Å²) in [7, 11) is 0. The van der Waals surface area contributed by atoms with Gasteiger partial charge in [0.1, 0.15) is 26.4 Å².